The Kier molecular flexibility index (Phi) is 3.53. The highest BCUT2D eigenvalue weighted by Gasteiger charge is 2.30. The molecule has 1 aromatic rings. The summed E-state index contributed by atoms with van der Waals surface area (Å²) in [6, 6.07) is 2.53. The normalized spacial score (nSPS) is 25.3. The van der Waals surface area contributed by atoms with Crippen LogP contribution in [0.25, 0.3) is 0 Å². The minimum atomic E-state index is -3.67. The number of aliphatic hydroxyl groups is 1. The maximum atomic E-state index is 11.9. The molecule has 1 aromatic heterocycles. The van der Waals surface area contributed by atoms with E-state index in [-0.39, 0.29) is 29.6 Å². The van der Waals surface area contributed by atoms with Crippen LogP contribution >= 0.6 is 0 Å². The van der Waals surface area contributed by atoms with E-state index in [4.69, 9.17) is 14.3 Å². The van der Waals surface area contributed by atoms with Gasteiger partial charge < -0.3 is 14.3 Å². The van der Waals surface area contributed by atoms with Crippen molar-refractivity contribution in [1.29, 1.82) is 0 Å². The number of hydrogen-bond donors (Lipinski definition) is 2. The van der Waals surface area contributed by atoms with E-state index in [1.165, 1.54) is 12.1 Å². The molecular weight excluding hydrogens is 246 g/mol. The molecule has 2 N–H and O–H groups in total. The van der Waals surface area contributed by atoms with E-state index in [1.54, 1.807) is 0 Å². The summed E-state index contributed by atoms with van der Waals surface area (Å²) in [6.45, 7) is 2.05. The van der Waals surface area contributed by atoms with Crippen molar-refractivity contribution >= 4 is 10.0 Å². The van der Waals surface area contributed by atoms with Crippen molar-refractivity contribution in [2.24, 2.45) is 0 Å². The summed E-state index contributed by atoms with van der Waals surface area (Å²) in [5.41, 5.74) is 0. The van der Waals surface area contributed by atoms with E-state index in [1.807, 2.05) is 6.92 Å². The Labute approximate surface area is 99.6 Å². The SMILES string of the molecule is CC1OCCC1NS(=O)(=O)c1ccc(CO)o1. The van der Waals surface area contributed by atoms with Gasteiger partial charge >= 0.3 is 0 Å². The highest BCUT2D eigenvalue weighted by atomic mass is 32.2. The topological polar surface area (TPSA) is 88.8 Å². The third kappa shape index (κ3) is 2.68. The minimum Gasteiger partial charge on any atom is -0.446 e. The fourth-order valence-corrected chi connectivity index (χ4v) is 3.02. The van der Waals surface area contributed by atoms with Crippen LogP contribution < -0.4 is 4.72 Å². The zero-order valence-electron chi connectivity index (χ0n) is 9.42. The fourth-order valence-electron chi connectivity index (χ4n) is 1.73. The monoisotopic (exact) mass is 261 g/mol. The number of sulfonamides is 1. The molecule has 0 bridgehead atoms. The van der Waals surface area contributed by atoms with Gasteiger partial charge in [0.05, 0.1) is 12.1 Å². The van der Waals surface area contributed by atoms with E-state index in [0.717, 1.165) is 0 Å². The summed E-state index contributed by atoms with van der Waals surface area (Å²) in [5.74, 6) is 0.223. The van der Waals surface area contributed by atoms with Gasteiger partial charge in [-0.3, -0.25) is 0 Å². The Hall–Kier alpha value is -0.890. The molecule has 1 fully saturated rings. The molecule has 0 aromatic carbocycles. The number of aliphatic hydroxyl groups excluding tert-OH is 1. The standard InChI is InChI=1S/C10H15NO5S/c1-7-9(4-5-15-7)11-17(13,14)10-3-2-8(6-12)16-10/h2-3,7,9,11-12H,4-6H2,1H3. The van der Waals surface area contributed by atoms with E-state index in [9.17, 15) is 8.42 Å². The van der Waals surface area contributed by atoms with E-state index in [0.29, 0.717) is 13.0 Å². The first-order chi connectivity index (χ1) is 8.03. The third-order valence-corrected chi connectivity index (χ3v) is 4.10. The number of rotatable bonds is 4. The van der Waals surface area contributed by atoms with Crippen LogP contribution in [0.3, 0.4) is 0 Å². The second-order valence-electron chi connectivity index (χ2n) is 3.97. The fraction of sp³-hybridized carbons (Fsp3) is 0.600. The molecule has 17 heavy (non-hydrogen) atoms. The van der Waals surface area contributed by atoms with Crippen LogP contribution in [0.2, 0.25) is 0 Å². The Balaban J connectivity index is 2.13. The second-order valence-corrected chi connectivity index (χ2v) is 5.62. The lowest BCUT2D eigenvalue weighted by molar-refractivity contribution is 0.116. The van der Waals surface area contributed by atoms with Crippen LogP contribution in [0.4, 0.5) is 0 Å². The van der Waals surface area contributed by atoms with Crippen LogP contribution in [0.5, 0.6) is 0 Å². The first kappa shape index (κ1) is 12.6. The molecule has 7 heteroatoms. The predicted octanol–water partition coefficient (Wildman–Crippen LogP) is 0.228. The summed E-state index contributed by atoms with van der Waals surface area (Å²) in [5, 5.41) is 8.63. The summed E-state index contributed by atoms with van der Waals surface area (Å²) in [7, 11) is -3.67. The molecule has 2 unspecified atom stereocenters. The molecule has 2 heterocycles. The van der Waals surface area contributed by atoms with Crippen molar-refractivity contribution in [3.63, 3.8) is 0 Å². The summed E-state index contributed by atoms with van der Waals surface area (Å²) in [6.07, 6.45) is 0.505. The zero-order valence-corrected chi connectivity index (χ0v) is 10.2. The van der Waals surface area contributed by atoms with Crippen LogP contribution in [-0.2, 0) is 21.4 Å². The van der Waals surface area contributed by atoms with Gasteiger partial charge in [0.2, 0.25) is 5.09 Å². The largest absolute Gasteiger partial charge is 0.446 e. The lowest BCUT2D eigenvalue weighted by atomic mass is 10.2. The predicted molar refractivity (Wildman–Crippen MR) is 58.8 cm³/mol. The van der Waals surface area contributed by atoms with E-state index in [2.05, 4.69) is 4.72 Å². The van der Waals surface area contributed by atoms with E-state index < -0.39 is 10.0 Å². The summed E-state index contributed by atoms with van der Waals surface area (Å²) < 4.78 is 36.7. The quantitative estimate of drug-likeness (QED) is 0.809. The molecule has 6 nitrogen and oxygen atoms in total. The lowest BCUT2D eigenvalue weighted by Crippen LogP contribution is -2.38. The summed E-state index contributed by atoms with van der Waals surface area (Å²) in [4.78, 5) is 0. The van der Waals surface area contributed by atoms with Gasteiger partial charge in [0.1, 0.15) is 12.4 Å². The highest BCUT2D eigenvalue weighted by Crippen LogP contribution is 2.18. The van der Waals surface area contributed by atoms with Crippen molar-refractivity contribution in [3.05, 3.63) is 17.9 Å². The Morgan fingerprint density at radius 3 is 2.82 bits per heavy atom. The maximum absolute atomic E-state index is 11.9. The maximum Gasteiger partial charge on any atom is 0.274 e. The molecule has 0 amide bonds. The molecule has 96 valence electrons. The number of nitrogens with one attached hydrogen (secondary N) is 1. The Morgan fingerprint density at radius 1 is 1.53 bits per heavy atom. The van der Waals surface area contributed by atoms with Gasteiger partial charge in [-0.15, -0.1) is 0 Å². The molecule has 0 aliphatic carbocycles. The van der Waals surface area contributed by atoms with Gasteiger partial charge in [-0.1, -0.05) is 0 Å². The minimum absolute atomic E-state index is 0.142. The highest BCUT2D eigenvalue weighted by molar-refractivity contribution is 7.89. The smallest absolute Gasteiger partial charge is 0.274 e. The average Bonchev–Trinajstić information content (AvgIpc) is 2.88. The second kappa shape index (κ2) is 4.77. The van der Waals surface area contributed by atoms with Crippen molar-refractivity contribution in [2.75, 3.05) is 6.61 Å². The van der Waals surface area contributed by atoms with Gasteiger partial charge in [-0.25, -0.2) is 13.1 Å². The molecular formula is C10H15NO5S. The molecule has 2 atom stereocenters. The van der Waals surface area contributed by atoms with Crippen LogP contribution in [0.1, 0.15) is 19.1 Å². The molecule has 0 spiro atoms. The molecule has 1 aliphatic heterocycles. The van der Waals surface area contributed by atoms with Gasteiger partial charge in [-0.2, -0.15) is 0 Å². The van der Waals surface area contributed by atoms with Crippen molar-refractivity contribution < 1.29 is 22.7 Å². The lowest BCUT2D eigenvalue weighted by Gasteiger charge is -2.14. The molecule has 1 saturated heterocycles. The molecule has 0 radical (unpaired) electrons. The Bertz CT molecular complexity index is 481. The third-order valence-electron chi connectivity index (χ3n) is 2.74. The summed E-state index contributed by atoms with van der Waals surface area (Å²) >= 11 is 0. The Morgan fingerprint density at radius 2 is 2.29 bits per heavy atom. The van der Waals surface area contributed by atoms with Crippen LogP contribution in [0, 0.1) is 0 Å². The zero-order chi connectivity index (χ0) is 12.5. The number of hydrogen-bond acceptors (Lipinski definition) is 5. The molecule has 0 saturated carbocycles. The van der Waals surface area contributed by atoms with Crippen LogP contribution in [-0.4, -0.2) is 32.3 Å². The van der Waals surface area contributed by atoms with Crippen molar-refractivity contribution in [2.45, 2.75) is 37.2 Å². The van der Waals surface area contributed by atoms with Crippen molar-refractivity contribution in [1.82, 2.24) is 4.72 Å². The van der Waals surface area contributed by atoms with Gasteiger partial charge in [0.15, 0.2) is 0 Å². The first-order valence-corrected chi connectivity index (χ1v) is 6.85. The molecule has 1 aliphatic rings. The number of ether oxygens (including phenoxy) is 1. The van der Waals surface area contributed by atoms with Gasteiger partial charge in [0.25, 0.3) is 10.0 Å². The van der Waals surface area contributed by atoms with Crippen LogP contribution in [0.15, 0.2) is 21.6 Å². The van der Waals surface area contributed by atoms with Gasteiger partial charge in [-0.05, 0) is 25.5 Å². The van der Waals surface area contributed by atoms with Crippen molar-refractivity contribution in [3.8, 4) is 0 Å². The van der Waals surface area contributed by atoms with Gasteiger partial charge in [0, 0.05) is 6.61 Å². The average molecular weight is 261 g/mol. The first-order valence-electron chi connectivity index (χ1n) is 5.36. The number of furan rings is 1. The molecule has 2 rings (SSSR count). The van der Waals surface area contributed by atoms with E-state index >= 15 is 0 Å².